The van der Waals surface area contributed by atoms with Gasteiger partial charge in [0, 0.05) is 24.4 Å². The summed E-state index contributed by atoms with van der Waals surface area (Å²) in [7, 11) is 0. The topological polar surface area (TPSA) is 132 Å². The van der Waals surface area contributed by atoms with Crippen LogP contribution in [0.2, 0.25) is 0 Å². The van der Waals surface area contributed by atoms with Crippen LogP contribution in [0.5, 0.6) is 0 Å². The maximum Gasteiger partial charge on any atom is 0.271 e. The second kappa shape index (κ2) is 10.9. The number of aryl methyl sites for hydroxylation is 3. The van der Waals surface area contributed by atoms with E-state index in [2.05, 4.69) is 20.8 Å². The molecular formula is C23H26N6O4S. The van der Waals surface area contributed by atoms with E-state index < -0.39 is 4.92 Å². The zero-order valence-corrected chi connectivity index (χ0v) is 20.2. The van der Waals surface area contributed by atoms with E-state index in [1.807, 2.05) is 39.0 Å². The maximum absolute atomic E-state index is 12.5. The van der Waals surface area contributed by atoms with Gasteiger partial charge < -0.3 is 15.2 Å². The van der Waals surface area contributed by atoms with Gasteiger partial charge in [-0.25, -0.2) is 0 Å². The van der Waals surface area contributed by atoms with Crippen molar-refractivity contribution >= 4 is 40.6 Å². The predicted octanol–water partition coefficient (Wildman–Crippen LogP) is 4.04. The van der Waals surface area contributed by atoms with Gasteiger partial charge in [0.1, 0.15) is 5.82 Å². The lowest BCUT2D eigenvalue weighted by Crippen LogP contribution is -2.18. The summed E-state index contributed by atoms with van der Waals surface area (Å²) < 4.78 is 1.79. The average molecular weight is 483 g/mol. The number of nitrogens with one attached hydrogen (secondary N) is 2. The Balaban J connectivity index is 1.61. The molecule has 0 bridgehead atoms. The van der Waals surface area contributed by atoms with Crippen molar-refractivity contribution < 1.29 is 14.5 Å². The number of non-ortho nitro benzene ring substituents is 1. The SMILES string of the molecule is CCn1c(CC(=O)Nc2ccc(C)c(C)c2)nnc1SCC(=O)Nc1cc([N+](=O)[O-])ccc1C. The first-order chi connectivity index (χ1) is 16.2. The number of nitrogens with zero attached hydrogens (tertiary/aromatic N) is 4. The van der Waals surface area contributed by atoms with Gasteiger partial charge in [-0.2, -0.15) is 0 Å². The van der Waals surface area contributed by atoms with Gasteiger partial charge in [0.05, 0.1) is 22.8 Å². The van der Waals surface area contributed by atoms with Crippen molar-refractivity contribution in [2.75, 3.05) is 16.4 Å². The molecule has 2 amide bonds. The van der Waals surface area contributed by atoms with Crippen LogP contribution in [0.25, 0.3) is 0 Å². The molecule has 34 heavy (non-hydrogen) atoms. The number of nitro groups is 1. The number of thioether (sulfide) groups is 1. The Labute approximate surface area is 201 Å². The van der Waals surface area contributed by atoms with Gasteiger partial charge in [-0.15, -0.1) is 10.2 Å². The third kappa shape index (κ3) is 6.19. The molecule has 0 saturated heterocycles. The van der Waals surface area contributed by atoms with E-state index in [9.17, 15) is 19.7 Å². The molecule has 0 atom stereocenters. The normalized spacial score (nSPS) is 10.7. The molecular weight excluding hydrogens is 456 g/mol. The smallest absolute Gasteiger partial charge is 0.271 e. The number of nitro benzene ring substituents is 1. The van der Waals surface area contributed by atoms with E-state index in [1.54, 1.807) is 17.6 Å². The number of carbonyl (C=O) groups excluding carboxylic acids is 2. The first-order valence-electron chi connectivity index (χ1n) is 10.6. The Morgan fingerprint density at radius 2 is 1.74 bits per heavy atom. The highest BCUT2D eigenvalue weighted by molar-refractivity contribution is 7.99. The minimum Gasteiger partial charge on any atom is -0.326 e. The zero-order chi connectivity index (χ0) is 24.8. The Hall–Kier alpha value is -3.73. The summed E-state index contributed by atoms with van der Waals surface area (Å²) in [6, 6.07) is 10.0. The molecule has 3 aromatic rings. The molecule has 0 unspecified atom stereocenters. The van der Waals surface area contributed by atoms with E-state index in [1.165, 1.54) is 23.9 Å². The van der Waals surface area contributed by atoms with Crippen molar-refractivity contribution in [2.24, 2.45) is 0 Å². The molecule has 1 heterocycles. The molecule has 1 aromatic heterocycles. The number of aromatic nitrogens is 3. The highest BCUT2D eigenvalue weighted by Gasteiger charge is 2.17. The van der Waals surface area contributed by atoms with Gasteiger partial charge in [-0.05, 0) is 56.5 Å². The van der Waals surface area contributed by atoms with Crippen molar-refractivity contribution in [2.45, 2.75) is 45.8 Å². The lowest BCUT2D eigenvalue weighted by Gasteiger charge is -2.10. The number of hydrogen-bond acceptors (Lipinski definition) is 7. The highest BCUT2D eigenvalue weighted by Crippen LogP contribution is 2.23. The van der Waals surface area contributed by atoms with Crippen LogP contribution in [0.1, 0.15) is 29.4 Å². The van der Waals surface area contributed by atoms with Crippen molar-refractivity contribution in [3.05, 3.63) is 69.0 Å². The molecule has 0 aliphatic rings. The largest absolute Gasteiger partial charge is 0.326 e. The second-order valence-corrected chi connectivity index (χ2v) is 8.70. The summed E-state index contributed by atoms with van der Waals surface area (Å²) in [4.78, 5) is 35.4. The van der Waals surface area contributed by atoms with E-state index in [0.717, 1.165) is 22.4 Å². The fourth-order valence-corrected chi connectivity index (χ4v) is 4.04. The average Bonchev–Trinajstić information content (AvgIpc) is 3.17. The highest BCUT2D eigenvalue weighted by atomic mass is 32.2. The minimum absolute atomic E-state index is 0.0368. The summed E-state index contributed by atoms with van der Waals surface area (Å²) in [5, 5.41) is 25.3. The maximum atomic E-state index is 12.5. The second-order valence-electron chi connectivity index (χ2n) is 7.76. The predicted molar refractivity (Wildman–Crippen MR) is 131 cm³/mol. The number of hydrogen-bond donors (Lipinski definition) is 2. The van der Waals surface area contributed by atoms with Crippen LogP contribution < -0.4 is 10.6 Å². The van der Waals surface area contributed by atoms with E-state index in [0.29, 0.717) is 23.2 Å². The Morgan fingerprint density at radius 3 is 2.41 bits per heavy atom. The van der Waals surface area contributed by atoms with Gasteiger partial charge >= 0.3 is 0 Å². The Bertz CT molecular complexity index is 1240. The van der Waals surface area contributed by atoms with Crippen LogP contribution in [0.3, 0.4) is 0 Å². The number of carbonyl (C=O) groups is 2. The first-order valence-corrected chi connectivity index (χ1v) is 11.6. The van der Waals surface area contributed by atoms with E-state index >= 15 is 0 Å². The molecule has 10 nitrogen and oxygen atoms in total. The van der Waals surface area contributed by atoms with E-state index in [-0.39, 0.29) is 29.7 Å². The van der Waals surface area contributed by atoms with Crippen LogP contribution in [-0.4, -0.2) is 37.3 Å². The molecule has 2 aromatic carbocycles. The quantitative estimate of drug-likeness (QED) is 0.267. The summed E-state index contributed by atoms with van der Waals surface area (Å²) >= 11 is 1.18. The van der Waals surface area contributed by atoms with E-state index in [4.69, 9.17) is 0 Å². The molecule has 0 fully saturated rings. The minimum atomic E-state index is -0.509. The lowest BCUT2D eigenvalue weighted by atomic mass is 10.1. The standard InChI is InChI=1S/C23H26N6O4S/c1-5-28-20(12-21(30)24-17-8-6-14(2)16(4)10-17)26-27-23(28)34-13-22(31)25-19-11-18(29(32)33)9-7-15(19)3/h6-11H,5,12-13H2,1-4H3,(H,24,30)(H,25,31). The van der Waals surface area contributed by atoms with Crippen LogP contribution in [-0.2, 0) is 22.6 Å². The molecule has 11 heteroatoms. The lowest BCUT2D eigenvalue weighted by molar-refractivity contribution is -0.384. The van der Waals surface area contributed by atoms with Crippen LogP contribution in [0, 0.1) is 30.9 Å². The summed E-state index contributed by atoms with van der Waals surface area (Å²) in [6.45, 7) is 8.20. The molecule has 0 aliphatic carbocycles. The number of amides is 2. The summed E-state index contributed by atoms with van der Waals surface area (Å²) in [5.74, 6) is 0.00473. The molecule has 0 spiro atoms. The van der Waals surface area contributed by atoms with Crippen molar-refractivity contribution in [1.82, 2.24) is 14.8 Å². The van der Waals surface area contributed by atoms with Gasteiger partial charge in [-0.3, -0.25) is 19.7 Å². The van der Waals surface area contributed by atoms with Crippen molar-refractivity contribution in [1.29, 1.82) is 0 Å². The number of benzene rings is 2. The molecule has 0 radical (unpaired) electrons. The fraction of sp³-hybridized carbons (Fsp3) is 0.304. The van der Waals surface area contributed by atoms with Crippen LogP contribution in [0.4, 0.5) is 17.1 Å². The van der Waals surface area contributed by atoms with Gasteiger partial charge in [0.2, 0.25) is 11.8 Å². The fourth-order valence-electron chi connectivity index (χ4n) is 3.22. The number of rotatable bonds is 9. The third-order valence-corrected chi connectivity index (χ3v) is 6.22. The van der Waals surface area contributed by atoms with Crippen molar-refractivity contribution in [3.8, 4) is 0 Å². The monoisotopic (exact) mass is 482 g/mol. The Kier molecular flexibility index (Phi) is 8.00. The molecule has 178 valence electrons. The van der Waals surface area contributed by atoms with Gasteiger partial charge in [0.25, 0.3) is 5.69 Å². The van der Waals surface area contributed by atoms with Crippen LogP contribution in [0.15, 0.2) is 41.6 Å². The third-order valence-electron chi connectivity index (χ3n) is 5.26. The molecule has 2 N–H and O–H groups in total. The van der Waals surface area contributed by atoms with Crippen LogP contribution >= 0.6 is 11.8 Å². The molecule has 0 saturated carbocycles. The summed E-state index contributed by atoms with van der Waals surface area (Å²) in [6.07, 6.45) is 0.0490. The zero-order valence-electron chi connectivity index (χ0n) is 19.4. The number of anilines is 2. The van der Waals surface area contributed by atoms with Gasteiger partial charge in [-0.1, -0.05) is 23.9 Å². The Morgan fingerprint density at radius 1 is 1.00 bits per heavy atom. The van der Waals surface area contributed by atoms with Crippen molar-refractivity contribution in [3.63, 3.8) is 0 Å². The molecule has 3 rings (SSSR count). The first kappa shape index (κ1) is 24.9. The summed E-state index contributed by atoms with van der Waals surface area (Å²) in [5.41, 5.74) is 3.97. The molecule has 0 aliphatic heterocycles. The van der Waals surface area contributed by atoms with Gasteiger partial charge in [0.15, 0.2) is 5.16 Å².